The van der Waals surface area contributed by atoms with Crippen molar-refractivity contribution < 1.29 is 5.21 Å². The fraction of sp³-hybridized carbons (Fsp3) is 0.556. The normalized spacial score (nSPS) is 26.5. The summed E-state index contributed by atoms with van der Waals surface area (Å²) in [7, 11) is 0. The molecule has 0 bridgehead atoms. The van der Waals surface area contributed by atoms with Crippen molar-refractivity contribution in [3.8, 4) is 0 Å². The lowest BCUT2D eigenvalue weighted by molar-refractivity contribution is 0.141. The summed E-state index contributed by atoms with van der Waals surface area (Å²) < 4.78 is 0. The van der Waals surface area contributed by atoms with Gasteiger partial charge in [-0.3, -0.25) is 0 Å². The molecule has 2 N–H and O–H groups in total. The predicted molar refractivity (Wildman–Crippen MR) is 45.4 cm³/mol. The number of rotatable bonds is 2. The summed E-state index contributed by atoms with van der Waals surface area (Å²) >= 11 is 0. The third kappa shape index (κ3) is 1.91. The van der Waals surface area contributed by atoms with Crippen molar-refractivity contribution in [2.24, 2.45) is 5.92 Å². The van der Waals surface area contributed by atoms with Crippen molar-refractivity contribution in [3.05, 3.63) is 23.8 Å². The van der Waals surface area contributed by atoms with Crippen LogP contribution in [-0.4, -0.2) is 11.2 Å². The maximum Gasteiger partial charge on any atom is 0.0506 e. The van der Waals surface area contributed by atoms with Crippen LogP contribution in [0.3, 0.4) is 0 Å². The molecule has 0 saturated heterocycles. The molecular weight excluding hydrogens is 138 g/mol. The Labute approximate surface area is 67.6 Å². The molecule has 0 radical (unpaired) electrons. The number of allylic oxidation sites excluding steroid dienone is 3. The zero-order valence-electron chi connectivity index (χ0n) is 7.04. The summed E-state index contributed by atoms with van der Waals surface area (Å²) in [4.78, 5) is 0. The van der Waals surface area contributed by atoms with Gasteiger partial charge < -0.3 is 5.21 Å². The van der Waals surface area contributed by atoms with Gasteiger partial charge in [0, 0.05) is 0 Å². The Kier molecular flexibility index (Phi) is 2.85. The van der Waals surface area contributed by atoms with E-state index in [1.165, 1.54) is 5.57 Å². The molecule has 11 heavy (non-hydrogen) atoms. The highest BCUT2D eigenvalue weighted by molar-refractivity contribution is 5.23. The van der Waals surface area contributed by atoms with E-state index in [1.54, 1.807) is 0 Å². The first-order valence-corrected chi connectivity index (χ1v) is 4.02. The van der Waals surface area contributed by atoms with Crippen LogP contribution < -0.4 is 5.48 Å². The number of nitrogens with one attached hydrogen (secondary N) is 1. The highest BCUT2D eigenvalue weighted by Crippen LogP contribution is 2.22. The van der Waals surface area contributed by atoms with Gasteiger partial charge in [0.1, 0.15) is 0 Å². The van der Waals surface area contributed by atoms with Crippen LogP contribution in [0, 0.1) is 5.92 Å². The molecule has 1 aliphatic carbocycles. The van der Waals surface area contributed by atoms with Gasteiger partial charge in [-0.25, -0.2) is 0 Å². The molecule has 0 saturated carbocycles. The van der Waals surface area contributed by atoms with Crippen molar-refractivity contribution in [2.45, 2.75) is 26.3 Å². The molecule has 0 aromatic rings. The van der Waals surface area contributed by atoms with Crippen LogP contribution in [0.1, 0.15) is 20.3 Å². The molecule has 2 nitrogen and oxygen atoms in total. The maximum atomic E-state index is 8.69. The van der Waals surface area contributed by atoms with E-state index in [1.807, 2.05) is 13.0 Å². The van der Waals surface area contributed by atoms with Gasteiger partial charge in [-0.1, -0.05) is 25.2 Å². The van der Waals surface area contributed by atoms with Crippen molar-refractivity contribution in [1.29, 1.82) is 0 Å². The molecule has 2 heteroatoms. The molecule has 0 aromatic carbocycles. The topological polar surface area (TPSA) is 32.3 Å². The Morgan fingerprint density at radius 2 is 2.45 bits per heavy atom. The van der Waals surface area contributed by atoms with Crippen molar-refractivity contribution >= 4 is 0 Å². The highest BCUT2D eigenvalue weighted by Gasteiger charge is 2.14. The van der Waals surface area contributed by atoms with Crippen molar-refractivity contribution in [2.75, 3.05) is 0 Å². The van der Waals surface area contributed by atoms with Gasteiger partial charge in [-0.05, 0) is 24.8 Å². The largest absolute Gasteiger partial charge is 0.316 e. The van der Waals surface area contributed by atoms with Crippen LogP contribution in [0.4, 0.5) is 0 Å². The average Bonchev–Trinajstić information content (AvgIpc) is 2.04. The molecule has 2 atom stereocenters. The summed E-state index contributed by atoms with van der Waals surface area (Å²) in [5, 5.41) is 8.69. The van der Waals surface area contributed by atoms with Gasteiger partial charge in [0.25, 0.3) is 0 Å². The minimum absolute atomic E-state index is 0.0787. The molecule has 1 rings (SSSR count). The van der Waals surface area contributed by atoms with E-state index >= 15 is 0 Å². The third-order valence-corrected chi connectivity index (χ3v) is 2.18. The summed E-state index contributed by atoms with van der Waals surface area (Å²) in [6.45, 7) is 4.13. The smallest absolute Gasteiger partial charge is 0.0506 e. The van der Waals surface area contributed by atoms with Crippen LogP contribution in [0.25, 0.3) is 0 Å². The fourth-order valence-corrected chi connectivity index (χ4v) is 1.41. The lowest BCUT2D eigenvalue weighted by Gasteiger charge is -2.21. The first-order valence-electron chi connectivity index (χ1n) is 4.02. The Hall–Kier alpha value is -0.600. The summed E-state index contributed by atoms with van der Waals surface area (Å²) in [5.41, 5.74) is 3.54. The Morgan fingerprint density at radius 1 is 1.73 bits per heavy atom. The maximum absolute atomic E-state index is 8.69. The van der Waals surface area contributed by atoms with E-state index in [0.29, 0.717) is 5.92 Å². The van der Waals surface area contributed by atoms with Gasteiger partial charge in [-0.2, -0.15) is 5.48 Å². The van der Waals surface area contributed by atoms with Crippen molar-refractivity contribution in [3.63, 3.8) is 0 Å². The second-order valence-corrected chi connectivity index (χ2v) is 3.08. The van der Waals surface area contributed by atoms with E-state index in [2.05, 4.69) is 24.6 Å². The molecule has 0 spiro atoms. The zero-order chi connectivity index (χ0) is 8.27. The Balaban J connectivity index is 2.67. The van der Waals surface area contributed by atoms with Gasteiger partial charge in [0.05, 0.1) is 6.04 Å². The molecule has 0 aliphatic heterocycles. The van der Waals surface area contributed by atoms with E-state index < -0.39 is 0 Å². The van der Waals surface area contributed by atoms with Gasteiger partial charge in [0.2, 0.25) is 0 Å². The molecule has 0 heterocycles. The molecule has 1 aliphatic rings. The summed E-state index contributed by atoms with van der Waals surface area (Å²) in [6, 6.07) is 0.0787. The summed E-state index contributed by atoms with van der Waals surface area (Å²) in [6.07, 6.45) is 7.35. The fourth-order valence-electron chi connectivity index (χ4n) is 1.41. The Bertz CT molecular complexity index is 184. The van der Waals surface area contributed by atoms with Crippen molar-refractivity contribution in [1.82, 2.24) is 5.48 Å². The van der Waals surface area contributed by atoms with E-state index in [4.69, 9.17) is 5.21 Å². The molecule has 0 aromatic heterocycles. The lowest BCUT2D eigenvalue weighted by Crippen LogP contribution is -2.27. The quantitative estimate of drug-likeness (QED) is 0.594. The van der Waals surface area contributed by atoms with Crippen LogP contribution in [0.15, 0.2) is 23.8 Å². The van der Waals surface area contributed by atoms with E-state index in [0.717, 1.165) is 6.42 Å². The molecular formula is C9H15NO. The van der Waals surface area contributed by atoms with E-state index in [-0.39, 0.29) is 6.04 Å². The first-order chi connectivity index (χ1) is 5.25. The third-order valence-electron chi connectivity index (χ3n) is 2.18. The zero-order valence-corrected chi connectivity index (χ0v) is 7.04. The Morgan fingerprint density at radius 3 is 3.00 bits per heavy atom. The standard InChI is InChI=1S/C9H15NO/c1-7-5-3-4-6-9(7)8(2)10-11/h3-4,6-8,10-11H,5H2,1-2H3. The minimum Gasteiger partial charge on any atom is -0.316 e. The first kappa shape index (κ1) is 8.50. The monoisotopic (exact) mass is 153 g/mol. The molecule has 2 unspecified atom stereocenters. The second-order valence-electron chi connectivity index (χ2n) is 3.08. The molecule has 0 fully saturated rings. The number of hydrogen-bond acceptors (Lipinski definition) is 2. The van der Waals surface area contributed by atoms with Crippen LogP contribution in [0.5, 0.6) is 0 Å². The number of hydroxylamine groups is 1. The minimum atomic E-state index is 0.0787. The lowest BCUT2D eigenvalue weighted by atomic mass is 9.89. The van der Waals surface area contributed by atoms with Gasteiger partial charge in [0.15, 0.2) is 0 Å². The second kappa shape index (κ2) is 3.69. The average molecular weight is 153 g/mol. The molecule has 62 valence electrons. The predicted octanol–water partition coefficient (Wildman–Crippen LogP) is 1.88. The van der Waals surface area contributed by atoms with Crippen LogP contribution in [-0.2, 0) is 0 Å². The SMILES string of the molecule is CC1CC=CC=C1C(C)NO. The van der Waals surface area contributed by atoms with Crippen LogP contribution in [0.2, 0.25) is 0 Å². The van der Waals surface area contributed by atoms with Crippen LogP contribution >= 0.6 is 0 Å². The van der Waals surface area contributed by atoms with Gasteiger partial charge in [-0.15, -0.1) is 0 Å². The molecule has 0 amide bonds. The number of hydrogen-bond donors (Lipinski definition) is 2. The van der Waals surface area contributed by atoms with E-state index in [9.17, 15) is 0 Å². The van der Waals surface area contributed by atoms with Gasteiger partial charge >= 0.3 is 0 Å². The highest BCUT2D eigenvalue weighted by atomic mass is 16.5. The summed E-state index contributed by atoms with van der Waals surface area (Å²) in [5.74, 6) is 0.551.